The Balaban J connectivity index is 2.02. The number of ether oxygens (including phenoxy) is 2. The van der Waals surface area contributed by atoms with Crippen LogP contribution in [0.3, 0.4) is 0 Å². The molecule has 0 bridgehead atoms. The minimum absolute atomic E-state index is 0.0633. The van der Waals surface area contributed by atoms with Crippen molar-refractivity contribution in [3.05, 3.63) is 29.8 Å². The number of hydrogen-bond acceptors (Lipinski definition) is 8. The molecule has 0 heterocycles. The molecule has 142 valence electrons. The first kappa shape index (κ1) is 19.7. The summed E-state index contributed by atoms with van der Waals surface area (Å²) in [4.78, 5) is 22.9. The van der Waals surface area contributed by atoms with Crippen LogP contribution in [0.1, 0.15) is 18.4 Å². The van der Waals surface area contributed by atoms with E-state index in [1.807, 2.05) is 0 Å². The molecule has 0 saturated heterocycles. The molecule has 1 aliphatic rings. The molecule has 0 aromatic heterocycles. The predicted molar refractivity (Wildman–Crippen MR) is 87.4 cm³/mol. The van der Waals surface area contributed by atoms with Crippen molar-refractivity contribution >= 4 is 18.0 Å². The van der Waals surface area contributed by atoms with Gasteiger partial charge in [-0.25, -0.2) is 9.59 Å². The second-order valence-corrected chi connectivity index (χ2v) is 6.05. The molecular formula is C17H20O9. The van der Waals surface area contributed by atoms with Gasteiger partial charge in [0.05, 0.1) is 19.3 Å². The van der Waals surface area contributed by atoms with Crippen molar-refractivity contribution in [1.82, 2.24) is 0 Å². The highest BCUT2D eigenvalue weighted by Crippen LogP contribution is 2.31. The Labute approximate surface area is 148 Å². The second-order valence-electron chi connectivity index (χ2n) is 6.05. The molecule has 2 rings (SSSR count). The number of methoxy groups -OCH3 is 1. The molecule has 0 spiro atoms. The fourth-order valence-corrected chi connectivity index (χ4v) is 2.73. The predicted octanol–water partition coefficient (Wildman–Crippen LogP) is -0.343. The quantitative estimate of drug-likeness (QED) is 0.347. The number of hydrogen-bond donors (Lipinski definition) is 5. The zero-order chi connectivity index (χ0) is 19.5. The Morgan fingerprint density at radius 2 is 1.85 bits per heavy atom. The van der Waals surface area contributed by atoms with E-state index in [9.17, 15) is 30.0 Å². The largest absolute Gasteiger partial charge is 0.504 e. The van der Waals surface area contributed by atoms with E-state index in [2.05, 4.69) is 0 Å². The molecule has 9 nitrogen and oxygen atoms in total. The molecular weight excluding hydrogens is 348 g/mol. The molecule has 1 aromatic carbocycles. The van der Waals surface area contributed by atoms with Crippen LogP contribution < -0.4 is 4.74 Å². The maximum atomic E-state index is 11.9. The first-order chi connectivity index (χ1) is 12.2. The average Bonchev–Trinajstić information content (AvgIpc) is 2.57. The van der Waals surface area contributed by atoms with Crippen LogP contribution in [0.25, 0.3) is 6.08 Å². The Hall–Kier alpha value is -2.62. The summed E-state index contributed by atoms with van der Waals surface area (Å²) in [5.74, 6) is -2.29. The van der Waals surface area contributed by atoms with Crippen LogP contribution in [-0.2, 0) is 14.3 Å². The molecule has 5 N–H and O–H groups in total. The number of phenolic OH excluding ortho intramolecular Hbond substituents is 1. The Bertz CT molecular complexity index is 700. The molecule has 2 unspecified atom stereocenters. The van der Waals surface area contributed by atoms with Gasteiger partial charge in [-0.1, -0.05) is 6.07 Å². The molecule has 1 fully saturated rings. The van der Waals surface area contributed by atoms with Gasteiger partial charge in [-0.05, 0) is 23.8 Å². The highest BCUT2D eigenvalue weighted by atomic mass is 16.6. The van der Waals surface area contributed by atoms with E-state index >= 15 is 0 Å². The van der Waals surface area contributed by atoms with Crippen molar-refractivity contribution in [3.8, 4) is 11.5 Å². The zero-order valence-electron chi connectivity index (χ0n) is 13.9. The number of aromatic hydroxyl groups is 1. The van der Waals surface area contributed by atoms with Crippen LogP contribution in [0.4, 0.5) is 0 Å². The topological polar surface area (TPSA) is 154 Å². The smallest absolute Gasteiger partial charge is 0.335 e. The molecule has 0 amide bonds. The van der Waals surface area contributed by atoms with E-state index in [0.29, 0.717) is 5.56 Å². The van der Waals surface area contributed by atoms with Gasteiger partial charge in [0.1, 0.15) is 0 Å². The Kier molecular flexibility index (Phi) is 5.86. The van der Waals surface area contributed by atoms with Gasteiger partial charge in [0.25, 0.3) is 0 Å². The number of carbonyl (C=O) groups is 2. The van der Waals surface area contributed by atoms with E-state index in [1.165, 1.54) is 31.4 Å². The van der Waals surface area contributed by atoms with Crippen LogP contribution in [-0.4, -0.2) is 68.5 Å². The van der Waals surface area contributed by atoms with E-state index in [-0.39, 0.29) is 11.5 Å². The third kappa shape index (κ3) is 4.31. The van der Waals surface area contributed by atoms with Gasteiger partial charge in [-0.2, -0.15) is 0 Å². The van der Waals surface area contributed by atoms with Crippen molar-refractivity contribution < 1.29 is 44.6 Å². The number of rotatable bonds is 5. The van der Waals surface area contributed by atoms with Gasteiger partial charge in [0.15, 0.2) is 23.2 Å². The van der Waals surface area contributed by atoms with Crippen molar-refractivity contribution in [2.45, 2.75) is 36.8 Å². The first-order valence-corrected chi connectivity index (χ1v) is 7.74. The first-order valence-electron chi connectivity index (χ1n) is 7.74. The maximum Gasteiger partial charge on any atom is 0.335 e. The average molecular weight is 368 g/mol. The minimum atomic E-state index is -2.28. The summed E-state index contributed by atoms with van der Waals surface area (Å²) < 4.78 is 9.92. The lowest BCUT2D eigenvalue weighted by Crippen LogP contribution is -2.57. The Morgan fingerprint density at radius 3 is 2.38 bits per heavy atom. The molecule has 1 aliphatic carbocycles. The molecule has 0 radical (unpaired) electrons. The highest BCUT2D eigenvalue weighted by molar-refractivity contribution is 5.87. The van der Waals surface area contributed by atoms with Crippen molar-refractivity contribution in [2.75, 3.05) is 7.11 Å². The monoisotopic (exact) mass is 368 g/mol. The van der Waals surface area contributed by atoms with Crippen molar-refractivity contribution in [2.24, 2.45) is 0 Å². The molecule has 1 saturated carbocycles. The van der Waals surface area contributed by atoms with Crippen LogP contribution in [0.2, 0.25) is 0 Å². The van der Waals surface area contributed by atoms with E-state index < -0.39 is 48.7 Å². The highest BCUT2D eigenvalue weighted by Gasteiger charge is 2.50. The number of carboxylic acids is 1. The lowest BCUT2D eigenvalue weighted by atomic mass is 9.79. The van der Waals surface area contributed by atoms with Crippen LogP contribution in [0.15, 0.2) is 24.3 Å². The normalized spacial score (nSPS) is 28.7. The third-order valence-corrected chi connectivity index (χ3v) is 4.12. The molecule has 1 aromatic rings. The van der Waals surface area contributed by atoms with Gasteiger partial charge >= 0.3 is 11.9 Å². The number of aliphatic hydroxyl groups is 3. The fraction of sp³-hybridized carbons (Fsp3) is 0.412. The minimum Gasteiger partial charge on any atom is -0.504 e. The van der Waals surface area contributed by atoms with E-state index in [0.717, 1.165) is 6.08 Å². The van der Waals surface area contributed by atoms with Crippen LogP contribution >= 0.6 is 0 Å². The van der Waals surface area contributed by atoms with Gasteiger partial charge in [0, 0.05) is 18.9 Å². The fourth-order valence-electron chi connectivity index (χ4n) is 2.73. The number of phenols is 1. The van der Waals surface area contributed by atoms with E-state index in [4.69, 9.17) is 14.6 Å². The van der Waals surface area contributed by atoms with Crippen LogP contribution in [0.5, 0.6) is 11.5 Å². The number of aliphatic hydroxyl groups excluding tert-OH is 2. The molecule has 0 aliphatic heterocycles. The van der Waals surface area contributed by atoms with Crippen molar-refractivity contribution in [1.29, 1.82) is 0 Å². The lowest BCUT2D eigenvalue weighted by Gasteiger charge is -2.39. The van der Waals surface area contributed by atoms with E-state index in [1.54, 1.807) is 0 Å². The lowest BCUT2D eigenvalue weighted by molar-refractivity contribution is -0.196. The number of benzene rings is 1. The summed E-state index contributed by atoms with van der Waals surface area (Å²) in [7, 11) is 1.38. The summed E-state index contributed by atoms with van der Waals surface area (Å²) in [5, 5.41) is 48.2. The Morgan fingerprint density at radius 1 is 1.23 bits per heavy atom. The van der Waals surface area contributed by atoms with Crippen molar-refractivity contribution in [3.63, 3.8) is 0 Å². The standard InChI is InChI=1S/C17H20O9/c1-25-13-6-9(2-4-10(13)18)3-5-14(21)26-15-11(19)7-17(24,16(22)23)8-12(15)20/h2-6,11-12,15,18-20,24H,7-8H2,1H3,(H,22,23)/b5-3+. The van der Waals surface area contributed by atoms with Crippen LogP contribution in [0, 0.1) is 0 Å². The number of aliphatic carboxylic acids is 1. The summed E-state index contributed by atoms with van der Waals surface area (Å²) >= 11 is 0. The van der Waals surface area contributed by atoms with Gasteiger partial charge < -0.3 is 35.0 Å². The summed E-state index contributed by atoms with van der Waals surface area (Å²) in [6, 6.07) is 4.39. The summed E-state index contributed by atoms with van der Waals surface area (Å²) in [6.45, 7) is 0. The summed E-state index contributed by atoms with van der Waals surface area (Å²) in [5.41, 5.74) is -1.75. The van der Waals surface area contributed by atoms with Gasteiger partial charge in [-0.3, -0.25) is 0 Å². The van der Waals surface area contributed by atoms with Gasteiger partial charge in [-0.15, -0.1) is 0 Å². The number of carbonyl (C=O) groups excluding carboxylic acids is 1. The molecule has 9 heteroatoms. The SMILES string of the molecule is COc1cc(/C=C/C(=O)OC2C(O)CC(O)(C(=O)O)CC2O)ccc1O. The third-order valence-electron chi connectivity index (χ3n) is 4.12. The maximum absolute atomic E-state index is 11.9. The number of carboxylic acid groups (broad SMARTS) is 1. The molecule has 26 heavy (non-hydrogen) atoms. The number of esters is 1. The zero-order valence-corrected chi connectivity index (χ0v) is 13.9. The second kappa shape index (κ2) is 7.73. The summed E-state index contributed by atoms with van der Waals surface area (Å²) in [6.07, 6.45) is -3.16. The molecule has 2 atom stereocenters. The van der Waals surface area contributed by atoms with Gasteiger partial charge in [0.2, 0.25) is 0 Å².